The van der Waals surface area contributed by atoms with Crippen molar-refractivity contribution in [3.8, 4) is 0 Å². The third-order valence-corrected chi connectivity index (χ3v) is 3.52. The maximum Gasteiger partial charge on any atom is 0.255 e. The number of benzene rings is 2. The number of anilines is 3. The van der Waals surface area contributed by atoms with Crippen molar-refractivity contribution in [1.82, 2.24) is 0 Å². The van der Waals surface area contributed by atoms with Gasteiger partial charge in [0.25, 0.3) is 5.91 Å². The number of carbonyl (C=O) groups excluding carboxylic acids is 3. The van der Waals surface area contributed by atoms with Crippen molar-refractivity contribution in [3.05, 3.63) is 54.1 Å². The molecule has 0 aliphatic heterocycles. The second-order valence-corrected chi connectivity index (χ2v) is 5.38. The fraction of sp³-hybridized carbons (Fsp3) is 0.211. The molecule has 2 aromatic rings. The summed E-state index contributed by atoms with van der Waals surface area (Å²) in [6.45, 7) is 3.53. The molecule has 130 valence electrons. The van der Waals surface area contributed by atoms with Crippen molar-refractivity contribution in [1.29, 1.82) is 0 Å². The minimum atomic E-state index is -0.299. The highest BCUT2D eigenvalue weighted by molar-refractivity contribution is 6.07. The second kappa shape index (κ2) is 8.63. The maximum atomic E-state index is 12.4. The Bertz CT molecular complexity index is 770. The molecule has 0 saturated carbocycles. The molecule has 25 heavy (non-hydrogen) atoms. The Kier molecular flexibility index (Phi) is 6.28. The summed E-state index contributed by atoms with van der Waals surface area (Å²) >= 11 is 0. The molecule has 0 radical (unpaired) electrons. The van der Waals surface area contributed by atoms with E-state index in [1.165, 1.54) is 0 Å². The topological polar surface area (TPSA) is 87.3 Å². The first-order valence-corrected chi connectivity index (χ1v) is 8.13. The van der Waals surface area contributed by atoms with Crippen LogP contribution in [-0.2, 0) is 9.59 Å². The Morgan fingerprint density at radius 3 is 1.80 bits per heavy atom. The maximum absolute atomic E-state index is 12.4. The summed E-state index contributed by atoms with van der Waals surface area (Å²) in [5.41, 5.74) is 2.16. The van der Waals surface area contributed by atoms with E-state index in [0.29, 0.717) is 35.5 Å². The number of para-hydroxylation sites is 2. The third-order valence-electron chi connectivity index (χ3n) is 3.52. The van der Waals surface area contributed by atoms with Crippen LogP contribution in [-0.4, -0.2) is 17.7 Å². The van der Waals surface area contributed by atoms with Crippen LogP contribution in [0, 0.1) is 0 Å². The third kappa shape index (κ3) is 5.17. The van der Waals surface area contributed by atoms with E-state index in [0.717, 1.165) is 0 Å². The average molecular weight is 339 g/mol. The Labute approximate surface area is 146 Å². The number of hydrogen-bond donors (Lipinski definition) is 3. The molecule has 2 rings (SSSR count). The summed E-state index contributed by atoms with van der Waals surface area (Å²) in [6.07, 6.45) is 0.746. The predicted molar refractivity (Wildman–Crippen MR) is 98.7 cm³/mol. The summed E-state index contributed by atoms with van der Waals surface area (Å²) in [4.78, 5) is 35.3. The molecule has 6 nitrogen and oxygen atoms in total. The van der Waals surface area contributed by atoms with Gasteiger partial charge in [-0.25, -0.2) is 0 Å². The van der Waals surface area contributed by atoms with E-state index in [2.05, 4.69) is 16.0 Å². The van der Waals surface area contributed by atoms with E-state index in [1.807, 2.05) is 0 Å². The Hall–Kier alpha value is -3.15. The van der Waals surface area contributed by atoms with Crippen LogP contribution >= 0.6 is 0 Å². The molecule has 0 saturated heterocycles. The summed E-state index contributed by atoms with van der Waals surface area (Å²) in [5, 5.41) is 8.27. The van der Waals surface area contributed by atoms with Crippen LogP contribution in [0.3, 0.4) is 0 Å². The van der Waals surface area contributed by atoms with E-state index in [-0.39, 0.29) is 17.7 Å². The van der Waals surface area contributed by atoms with Gasteiger partial charge in [-0.15, -0.1) is 0 Å². The van der Waals surface area contributed by atoms with Crippen LogP contribution in [0.2, 0.25) is 0 Å². The van der Waals surface area contributed by atoms with E-state index >= 15 is 0 Å². The van der Waals surface area contributed by atoms with Crippen molar-refractivity contribution in [2.75, 3.05) is 16.0 Å². The van der Waals surface area contributed by atoms with Crippen LogP contribution in [0.15, 0.2) is 48.5 Å². The van der Waals surface area contributed by atoms with Crippen LogP contribution in [0.4, 0.5) is 17.1 Å². The van der Waals surface area contributed by atoms with Crippen molar-refractivity contribution < 1.29 is 14.4 Å². The summed E-state index contributed by atoms with van der Waals surface area (Å²) in [5.74, 6) is -0.512. The van der Waals surface area contributed by atoms with Gasteiger partial charge in [-0.05, 0) is 36.4 Å². The Morgan fingerprint density at radius 1 is 0.720 bits per heavy atom. The van der Waals surface area contributed by atoms with E-state index in [4.69, 9.17) is 0 Å². The minimum Gasteiger partial charge on any atom is -0.326 e. The van der Waals surface area contributed by atoms with Crippen LogP contribution in [0.1, 0.15) is 37.0 Å². The molecule has 0 atom stereocenters. The average Bonchev–Trinajstić information content (AvgIpc) is 2.63. The first kappa shape index (κ1) is 18.2. The predicted octanol–water partition coefficient (Wildman–Crippen LogP) is 3.64. The summed E-state index contributed by atoms with van der Waals surface area (Å²) < 4.78 is 0. The fourth-order valence-electron chi connectivity index (χ4n) is 2.09. The zero-order valence-corrected chi connectivity index (χ0v) is 14.3. The van der Waals surface area contributed by atoms with E-state index in [1.54, 1.807) is 62.4 Å². The van der Waals surface area contributed by atoms with Gasteiger partial charge in [-0.3, -0.25) is 14.4 Å². The highest BCUT2D eigenvalue weighted by Crippen LogP contribution is 2.22. The Balaban J connectivity index is 2.09. The number of rotatable bonds is 6. The number of carbonyl (C=O) groups is 3. The number of amides is 3. The Morgan fingerprint density at radius 2 is 1.24 bits per heavy atom. The normalized spacial score (nSPS) is 10.0. The highest BCUT2D eigenvalue weighted by atomic mass is 16.2. The molecule has 0 aliphatic rings. The van der Waals surface area contributed by atoms with Crippen molar-refractivity contribution >= 4 is 34.8 Å². The molecule has 0 heterocycles. The van der Waals surface area contributed by atoms with Gasteiger partial charge in [0.2, 0.25) is 11.8 Å². The van der Waals surface area contributed by atoms with Gasteiger partial charge in [0.05, 0.1) is 11.4 Å². The summed E-state index contributed by atoms with van der Waals surface area (Å²) in [7, 11) is 0. The molecule has 0 fully saturated rings. The molecule has 3 amide bonds. The van der Waals surface area contributed by atoms with Crippen molar-refractivity contribution in [2.24, 2.45) is 0 Å². The molecule has 0 spiro atoms. The molecule has 2 aromatic carbocycles. The molecule has 0 bridgehead atoms. The summed E-state index contributed by atoms with van der Waals surface area (Å²) in [6, 6.07) is 13.6. The smallest absolute Gasteiger partial charge is 0.255 e. The first-order chi connectivity index (χ1) is 12.0. The molecule has 3 N–H and O–H groups in total. The van der Waals surface area contributed by atoms with Gasteiger partial charge < -0.3 is 16.0 Å². The minimum absolute atomic E-state index is 0.0854. The lowest BCUT2D eigenvalue weighted by molar-refractivity contribution is -0.116. The molecule has 0 unspecified atom stereocenters. The van der Waals surface area contributed by atoms with Gasteiger partial charge in [0.15, 0.2) is 0 Å². The van der Waals surface area contributed by atoms with E-state index < -0.39 is 0 Å². The lowest BCUT2D eigenvalue weighted by Crippen LogP contribution is -2.16. The quantitative estimate of drug-likeness (QED) is 0.751. The standard InChI is InChI=1S/C19H21N3O3/c1-3-17(23)20-14-11-9-13(10-12-14)19(25)22-16-8-6-5-7-15(16)21-18(24)4-2/h5-12H,3-4H2,1-2H3,(H,20,23)(H,21,24)(H,22,25). The van der Waals surface area contributed by atoms with Crippen LogP contribution in [0.5, 0.6) is 0 Å². The largest absolute Gasteiger partial charge is 0.326 e. The SMILES string of the molecule is CCC(=O)Nc1ccc(C(=O)Nc2ccccc2NC(=O)CC)cc1. The van der Waals surface area contributed by atoms with Crippen molar-refractivity contribution in [2.45, 2.75) is 26.7 Å². The number of hydrogen-bond acceptors (Lipinski definition) is 3. The molecule has 0 aliphatic carbocycles. The van der Waals surface area contributed by atoms with Crippen molar-refractivity contribution in [3.63, 3.8) is 0 Å². The second-order valence-electron chi connectivity index (χ2n) is 5.38. The van der Waals surface area contributed by atoms with E-state index in [9.17, 15) is 14.4 Å². The molecule has 0 aromatic heterocycles. The lowest BCUT2D eigenvalue weighted by Gasteiger charge is -2.12. The zero-order valence-electron chi connectivity index (χ0n) is 14.3. The van der Waals surface area contributed by atoms with Gasteiger partial charge in [-0.1, -0.05) is 26.0 Å². The van der Waals surface area contributed by atoms with Gasteiger partial charge in [0.1, 0.15) is 0 Å². The zero-order chi connectivity index (χ0) is 18.2. The molecule has 6 heteroatoms. The lowest BCUT2D eigenvalue weighted by atomic mass is 10.1. The van der Waals surface area contributed by atoms with Crippen LogP contribution < -0.4 is 16.0 Å². The van der Waals surface area contributed by atoms with Gasteiger partial charge in [-0.2, -0.15) is 0 Å². The highest BCUT2D eigenvalue weighted by Gasteiger charge is 2.10. The monoisotopic (exact) mass is 339 g/mol. The first-order valence-electron chi connectivity index (χ1n) is 8.13. The van der Waals surface area contributed by atoms with Crippen LogP contribution in [0.25, 0.3) is 0 Å². The molecular formula is C19H21N3O3. The van der Waals surface area contributed by atoms with Gasteiger partial charge >= 0.3 is 0 Å². The van der Waals surface area contributed by atoms with Gasteiger partial charge in [0, 0.05) is 24.1 Å². The number of nitrogens with one attached hydrogen (secondary N) is 3. The fourth-order valence-corrected chi connectivity index (χ4v) is 2.09. The molecular weight excluding hydrogens is 318 g/mol.